The summed E-state index contributed by atoms with van der Waals surface area (Å²) in [7, 11) is 0. The first kappa shape index (κ1) is 10.8. The van der Waals surface area contributed by atoms with Crippen molar-refractivity contribution in [3.8, 4) is 0 Å². The summed E-state index contributed by atoms with van der Waals surface area (Å²) in [6.45, 7) is 2.10. The molecule has 76 valence electrons. The van der Waals surface area contributed by atoms with Gasteiger partial charge in [0.05, 0.1) is 0 Å². The van der Waals surface area contributed by atoms with Crippen LogP contribution in [0.2, 0.25) is 0 Å². The third-order valence-corrected chi connectivity index (χ3v) is 2.21. The summed E-state index contributed by atoms with van der Waals surface area (Å²) in [5.74, 6) is -1.14. The summed E-state index contributed by atoms with van der Waals surface area (Å²) in [6, 6.07) is 0. The van der Waals surface area contributed by atoms with E-state index in [-0.39, 0.29) is 0 Å². The molecule has 0 saturated carbocycles. The van der Waals surface area contributed by atoms with Crippen LogP contribution in [0.5, 0.6) is 0 Å². The van der Waals surface area contributed by atoms with Gasteiger partial charge in [-0.05, 0) is 13.0 Å². The second kappa shape index (κ2) is 4.32. The van der Waals surface area contributed by atoms with Gasteiger partial charge in [0.2, 0.25) is 0 Å². The number of nitrogens with one attached hydrogen (secondary N) is 1. The number of hydrogen-bond donors (Lipinski definition) is 1. The van der Waals surface area contributed by atoms with Crippen molar-refractivity contribution in [1.29, 1.82) is 0 Å². The van der Waals surface area contributed by atoms with E-state index in [9.17, 15) is 13.6 Å². The molecule has 0 unspecified atom stereocenters. The van der Waals surface area contributed by atoms with Crippen molar-refractivity contribution in [1.82, 2.24) is 10.2 Å². The molecule has 0 radical (unpaired) electrons. The molecule has 0 atom stereocenters. The Labute approximate surface area is 83.6 Å². The fraction of sp³-hybridized carbons (Fsp3) is 0.857. The van der Waals surface area contributed by atoms with Crippen LogP contribution in [0, 0.1) is 0 Å². The van der Waals surface area contributed by atoms with Gasteiger partial charge in [-0.3, -0.25) is 4.79 Å². The molecule has 1 aliphatic rings. The summed E-state index contributed by atoms with van der Waals surface area (Å²) in [6.07, 6.45) is 0.717. The van der Waals surface area contributed by atoms with E-state index in [1.54, 1.807) is 0 Å². The third-order valence-electron chi connectivity index (χ3n) is 1.87. The molecule has 1 fully saturated rings. The van der Waals surface area contributed by atoms with Gasteiger partial charge < -0.3 is 10.2 Å². The lowest BCUT2D eigenvalue weighted by Gasteiger charge is -2.22. The number of rotatable bonds is 1. The van der Waals surface area contributed by atoms with Crippen LogP contribution in [-0.2, 0) is 4.79 Å². The molecule has 13 heavy (non-hydrogen) atoms. The second-order valence-corrected chi connectivity index (χ2v) is 3.89. The molecule has 1 heterocycles. The van der Waals surface area contributed by atoms with Crippen molar-refractivity contribution in [3.05, 3.63) is 0 Å². The maximum absolute atomic E-state index is 12.5. The summed E-state index contributed by atoms with van der Waals surface area (Å²) in [4.78, 5) is 8.83. The summed E-state index contributed by atoms with van der Waals surface area (Å²) >= 11 is 2.06. The Morgan fingerprint density at radius 3 is 2.69 bits per heavy atom. The molecule has 1 aliphatic heterocycles. The van der Waals surface area contributed by atoms with Gasteiger partial charge in [0.15, 0.2) is 0 Å². The van der Waals surface area contributed by atoms with Crippen molar-refractivity contribution < 1.29 is 13.6 Å². The smallest absolute Gasteiger partial charge is 0.335 e. The van der Waals surface area contributed by atoms with E-state index in [1.165, 1.54) is 4.90 Å². The second-order valence-electron chi connectivity index (χ2n) is 2.89. The minimum Gasteiger partial charge on any atom is -0.335 e. The number of carbonyl (C=O) groups is 1. The van der Waals surface area contributed by atoms with E-state index in [0.29, 0.717) is 19.6 Å². The van der Waals surface area contributed by atoms with E-state index in [0.717, 1.165) is 13.0 Å². The van der Waals surface area contributed by atoms with Crippen molar-refractivity contribution in [3.63, 3.8) is 0 Å². The molecular formula is C7H11BrF2N2O. The van der Waals surface area contributed by atoms with Gasteiger partial charge in [0.25, 0.3) is 0 Å². The molecule has 1 saturated heterocycles. The average molecular weight is 257 g/mol. The average Bonchev–Trinajstić information content (AvgIpc) is 2.28. The van der Waals surface area contributed by atoms with E-state index in [1.807, 2.05) is 0 Å². The third kappa shape index (κ3) is 3.19. The van der Waals surface area contributed by atoms with Crippen molar-refractivity contribution in [2.45, 2.75) is 11.3 Å². The number of alkyl halides is 3. The maximum Gasteiger partial charge on any atom is 0.377 e. The zero-order chi connectivity index (χ0) is 9.90. The van der Waals surface area contributed by atoms with Gasteiger partial charge >= 0.3 is 10.7 Å². The molecule has 0 bridgehead atoms. The van der Waals surface area contributed by atoms with Gasteiger partial charge in [-0.1, -0.05) is 0 Å². The van der Waals surface area contributed by atoms with Gasteiger partial charge in [-0.25, -0.2) is 0 Å². The van der Waals surface area contributed by atoms with E-state index >= 15 is 0 Å². The van der Waals surface area contributed by atoms with Crippen LogP contribution in [0.4, 0.5) is 8.78 Å². The molecule has 0 spiro atoms. The number of carbonyl (C=O) groups excluding carboxylic acids is 1. The Bertz CT molecular complexity index is 187. The highest BCUT2D eigenvalue weighted by molar-refractivity contribution is 9.10. The molecule has 1 amide bonds. The lowest BCUT2D eigenvalue weighted by Crippen LogP contribution is -2.42. The molecule has 3 nitrogen and oxygen atoms in total. The topological polar surface area (TPSA) is 32.3 Å². The monoisotopic (exact) mass is 256 g/mol. The van der Waals surface area contributed by atoms with Crippen LogP contribution in [0.15, 0.2) is 0 Å². The quantitative estimate of drug-likeness (QED) is 0.704. The highest BCUT2D eigenvalue weighted by Crippen LogP contribution is 2.24. The number of amides is 1. The summed E-state index contributed by atoms with van der Waals surface area (Å²) in [5, 5.41) is 3.03. The Morgan fingerprint density at radius 1 is 1.38 bits per heavy atom. The van der Waals surface area contributed by atoms with Crippen molar-refractivity contribution in [2.75, 3.05) is 26.2 Å². The van der Waals surface area contributed by atoms with Crippen LogP contribution in [0.25, 0.3) is 0 Å². The molecule has 1 rings (SSSR count). The van der Waals surface area contributed by atoms with Crippen molar-refractivity contribution >= 4 is 21.8 Å². The molecule has 0 aromatic carbocycles. The van der Waals surface area contributed by atoms with Gasteiger partial charge in [0, 0.05) is 35.6 Å². The minimum absolute atomic E-state index is 0.347. The van der Waals surface area contributed by atoms with Gasteiger partial charge in [-0.15, -0.1) is 0 Å². The van der Waals surface area contributed by atoms with Crippen LogP contribution >= 0.6 is 15.9 Å². The Balaban J connectivity index is 2.54. The number of halogens is 3. The van der Waals surface area contributed by atoms with Crippen LogP contribution < -0.4 is 5.32 Å². The fourth-order valence-corrected chi connectivity index (χ4v) is 1.48. The molecule has 0 aromatic heterocycles. The highest BCUT2D eigenvalue weighted by atomic mass is 79.9. The lowest BCUT2D eigenvalue weighted by molar-refractivity contribution is -0.145. The zero-order valence-electron chi connectivity index (χ0n) is 7.02. The fourth-order valence-electron chi connectivity index (χ4n) is 1.23. The first-order chi connectivity index (χ1) is 6.02. The van der Waals surface area contributed by atoms with Crippen LogP contribution in [0.3, 0.4) is 0 Å². The predicted molar refractivity (Wildman–Crippen MR) is 47.9 cm³/mol. The van der Waals surface area contributed by atoms with Crippen LogP contribution in [-0.4, -0.2) is 41.8 Å². The highest BCUT2D eigenvalue weighted by Gasteiger charge is 2.38. The number of nitrogens with zero attached hydrogens (tertiary/aromatic N) is 1. The lowest BCUT2D eigenvalue weighted by atomic mass is 10.4. The standard InChI is InChI=1S/C7H11BrF2N2O/c8-7(9,10)6(13)12-4-1-2-11-3-5-12/h11H,1-5H2. The Hall–Kier alpha value is -0.230. The molecule has 0 aliphatic carbocycles. The first-order valence-corrected chi connectivity index (χ1v) is 4.88. The zero-order valence-corrected chi connectivity index (χ0v) is 8.61. The first-order valence-electron chi connectivity index (χ1n) is 4.08. The van der Waals surface area contributed by atoms with Gasteiger partial charge in [-0.2, -0.15) is 8.78 Å². The van der Waals surface area contributed by atoms with Crippen LogP contribution in [0.1, 0.15) is 6.42 Å². The minimum atomic E-state index is -3.42. The van der Waals surface area contributed by atoms with E-state index < -0.39 is 10.7 Å². The normalized spacial score (nSPS) is 19.8. The SMILES string of the molecule is O=C(N1CCCNCC1)C(F)(F)Br. The number of hydrogen-bond acceptors (Lipinski definition) is 2. The van der Waals surface area contributed by atoms with Crippen molar-refractivity contribution in [2.24, 2.45) is 0 Å². The maximum atomic E-state index is 12.5. The summed E-state index contributed by atoms with van der Waals surface area (Å²) in [5.41, 5.74) is 0. The summed E-state index contributed by atoms with van der Waals surface area (Å²) < 4.78 is 25.1. The molecule has 1 N–H and O–H groups in total. The molecular weight excluding hydrogens is 246 g/mol. The Kier molecular flexibility index (Phi) is 3.61. The van der Waals surface area contributed by atoms with E-state index in [4.69, 9.17) is 0 Å². The molecule has 0 aromatic rings. The largest absolute Gasteiger partial charge is 0.377 e. The molecule has 6 heteroatoms. The van der Waals surface area contributed by atoms with Gasteiger partial charge in [0.1, 0.15) is 0 Å². The Morgan fingerprint density at radius 2 is 2.08 bits per heavy atom. The predicted octanol–water partition coefficient (Wildman–Crippen LogP) is 0.796. The van der Waals surface area contributed by atoms with E-state index in [2.05, 4.69) is 21.2 Å².